The Morgan fingerprint density at radius 3 is 2.28 bits per heavy atom. The summed E-state index contributed by atoms with van der Waals surface area (Å²) in [5.41, 5.74) is 0.585. The number of hydrogen-bond donors (Lipinski definition) is 2. The zero-order valence-electron chi connectivity index (χ0n) is 21.4. The van der Waals surface area contributed by atoms with Crippen LogP contribution in [0.25, 0.3) is 0 Å². The quantitative estimate of drug-likeness (QED) is 0.585. The lowest BCUT2D eigenvalue weighted by atomic mass is 10.1. The molecule has 0 aliphatic carbocycles. The van der Waals surface area contributed by atoms with E-state index in [-0.39, 0.29) is 30.1 Å². The zero-order chi connectivity index (χ0) is 25.9. The predicted octanol–water partition coefficient (Wildman–Crippen LogP) is 1.68. The number of hydrogen-bond acceptors (Lipinski definition) is 8. The van der Waals surface area contributed by atoms with Gasteiger partial charge in [0.2, 0.25) is 11.8 Å². The predicted molar refractivity (Wildman–Crippen MR) is 134 cm³/mol. The van der Waals surface area contributed by atoms with Crippen molar-refractivity contribution in [2.45, 2.75) is 45.3 Å². The molecule has 1 unspecified atom stereocenters. The molecule has 198 valence electrons. The smallest absolute Gasteiger partial charge is 0.410 e. The van der Waals surface area contributed by atoms with Crippen molar-refractivity contribution in [2.75, 3.05) is 69.2 Å². The average Bonchev–Trinajstić information content (AvgIpc) is 2.81. The molecule has 3 fully saturated rings. The fourth-order valence-electron chi connectivity index (χ4n) is 4.70. The average molecular weight is 505 g/mol. The lowest BCUT2D eigenvalue weighted by Gasteiger charge is -2.41. The van der Waals surface area contributed by atoms with Gasteiger partial charge in [-0.25, -0.2) is 9.18 Å². The SMILES string of the molecule is CC(C)(C)OC(=O)N1CCN(CN2CCN(c3ccc(NC4CCC(=O)NC4=O)cc3F)CC2)CC1. The summed E-state index contributed by atoms with van der Waals surface area (Å²) in [6, 6.07) is 4.39. The molecule has 1 aromatic carbocycles. The lowest BCUT2D eigenvalue weighted by molar-refractivity contribution is -0.133. The van der Waals surface area contributed by atoms with Gasteiger partial charge in [0.1, 0.15) is 17.5 Å². The number of carbonyl (C=O) groups excluding carboxylic acids is 3. The van der Waals surface area contributed by atoms with Gasteiger partial charge in [0, 0.05) is 64.5 Å². The van der Waals surface area contributed by atoms with E-state index in [2.05, 4.69) is 20.4 Å². The second kappa shape index (κ2) is 11.0. The molecular formula is C25H37FN6O4. The molecule has 3 heterocycles. The van der Waals surface area contributed by atoms with E-state index in [1.807, 2.05) is 25.7 Å². The van der Waals surface area contributed by atoms with Crippen molar-refractivity contribution in [3.63, 3.8) is 0 Å². The maximum Gasteiger partial charge on any atom is 0.410 e. The number of ether oxygens (including phenoxy) is 1. The number of piperidine rings is 1. The molecule has 3 saturated heterocycles. The molecule has 0 radical (unpaired) electrons. The molecule has 3 aliphatic rings. The van der Waals surface area contributed by atoms with Gasteiger partial charge in [0.15, 0.2) is 0 Å². The van der Waals surface area contributed by atoms with E-state index in [9.17, 15) is 18.8 Å². The lowest BCUT2D eigenvalue weighted by Crippen LogP contribution is -2.55. The number of anilines is 2. The first-order valence-electron chi connectivity index (χ1n) is 12.6. The molecule has 36 heavy (non-hydrogen) atoms. The van der Waals surface area contributed by atoms with Crippen molar-refractivity contribution in [1.82, 2.24) is 20.0 Å². The van der Waals surface area contributed by atoms with Gasteiger partial charge in [-0.3, -0.25) is 24.7 Å². The number of benzene rings is 1. The second-order valence-corrected chi connectivity index (χ2v) is 10.6. The maximum absolute atomic E-state index is 14.9. The summed E-state index contributed by atoms with van der Waals surface area (Å²) in [6.45, 7) is 12.4. The number of nitrogens with zero attached hydrogens (tertiary/aromatic N) is 4. The summed E-state index contributed by atoms with van der Waals surface area (Å²) >= 11 is 0. The van der Waals surface area contributed by atoms with E-state index < -0.39 is 11.6 Å². The highest BCUT2D eigenvalue weighted by atomic mass is 19.1. The number of piperazine rings is 2. The van der Waals surface area contributed by atoms with E-state index in [1.165, 1.54) is 6.07 Å². The highest BCUT2D eigenvalue weighted by molar-refractivity contribution is 6.01. The summed E-state index contributed by atoms with van der Waals surface area (Å²) in [6.07, 6.45) is 0.413. The maximum atomic E-state index is 14.9. The first kappa shape index (κ1) is 26.2. The van der Waals surface area contributed by atoms with Crippen molar-refractivity contribution >= 4 is 29.3 Å². The number of halogens is 1. The minimum absolute atomic E-state index is 0.254. The van der Waals surface area contributed by atoms with Gasteiger partial charge in [0.05, 0.1) is 12.4 Å². The van der Waals surface area contributed by atoms with E-state index >= 15 is 0 Å². The van der Waals surface area contributed by atoms with Crippen molar-refractivity contribution in [3.05, 3.63) is 24.0 Å². The Balaban J connectivity index is 1.21. The highest BCUT2D eigenvalue weighted by Crippen LogP contribution is 2.25. The van der Waals surface area contributed by atoms with Crippen molar-refractivity contribution in [2.24, 2.45) is 0 Å². The van der Waals surface area contributed by atoms with Crippen LogP contribution in [0.1, 0.15) is 33.6 Å². The summed E-state index contributed by atoms with van der Waals surface area (Å²) in [7, 11) is 0. The highest BCUT2D eigenvalue weighted by Gasteiger charge is 2.29. The molecule has 0 saturated carbocycles. The third kappa shape index (κ3) is 6.85. The van der Waals surface area contributed by atoms with Gasteiger partial charge in [-0.05, 0) is 45.4 Å². The summed E-state index contributed by atoms with van der Waals surface area (Å²) in [5, 5.41) is 5.33. The van der Waals surface area contributed by atoms with Crippen LogP contribution in [0.3, 0.4) is 0 Å². The first-order valence-corrected chi connectivity index (χ1v) is 12.6. The van der Waals surface area contributed by atoms with Crippen LogP contribution in [0.5, 0.6) is 0 Å². The molecule has 11 heteroatoms. The van der Waals surface area contributed by atoms with Crippen LogP contribution in [0.4, 0.5) is 20.6 Å². The molecule has 10 nitrogen and oxygen atoms in total. The minimum Gasteiger partial charge on any atom is -0.444 e. The van der Waals surface area contributed by atoms with Crippen LogP contribution >= 0.6 is 0 Å². The van der Waals surface area contributed by atoms with Gasteiger partial charge in [-0.15, -0.1) is 0 Å². The van der Waals surface area contributed by atoms with Crippen LogP contribution in [0, 0.1) is 5.82 Å². The minimum atomic E-state index is -0.539. The molecule has 2 N–H and O–H groups in total. The first-order chi connectivity index (χ1) is 17.1. The molecule has 0 aromatic heterocycles. The Kier molecular flexibility index (Phi) is 7.99. The normalized spacial score (nSPS) is 22.4. The molecule has 4 rings (SSSR count). The molecule has 3 aliphatic heterocycles. The van der Waals surface area contributed by atoms with Gasteiger partial charge in [0.25, 0.3) is 0 Å². The number of amides is 3. The molecule has 0 bridgehead atoms. The van der Waals surface area contributed by atoms with Gasteiger partial charge in [-0.2, -0.15) is 0 Å². The van der Waals surface area contributed by atoms with Gasteiger partial charge >= 0.3 is 6.09 Å². The fraction of sp³-hybridized carbons (Fsp3) is 0.640. The number of imide groups is 1. The molecule has 3 amide bonds. The standard InChI is InChI=1S/C25H37FN6O4/c1-25(2,3)36-24(35)32-14-10-30(11-15-32)17-29-8-12-31(13-9-29)21-6-4-18(16-19(21)26)27-20-5-7-22(33)28-23(20)34/h4,6,16,20,27H,5,7-15,17H2,1-3H3,(H,28,33,34). The van der Waals surface area contributed by atoms with E-state index in [4.69, 9.17) is 4.74 Å². The third-order valence-corrected chi connectivity index (χ3v) is 6.66. The Morgan fingerprint density at radius 2 is 1.69 bits per heavy atom. The van der Waals surface area contributed by atoms with Gasteiger partial charge in [-0.1, -0.05) is 0 Å². The van der Waals surface area contributed by atoms with Crippen LogP contribution in [0.2, 0.25) is 0 Å². The van der Waals surface area contributed by atoms with E-state index in [0.717, 1.165) is 32.8 Å². The molecule has 1 atom stereocenters. The van der Waals surface area contributed by atoms with E-state index in [0.29, 0.717) is 44.0 Å². The summed E-state index contributed by atoms with van der Waals surface area (Å²) in [4.78, 5) is 44.0. The molecule has 1 aromatic rings. The Bertz CT molecular complexity index is 968. The van der Waals surface area contributed by atoms with Crippen LogP contribution in [-0.2, 0) is 14.3 Å². The summed E-state index contributed by atoms with van der Waals surface area (Å²) in [5.74, 6) is -0.987. The zero-order valence-corrected chi connectivity index (χ0v) is 21.4. The van der Waals surface area contributed by atoms with Crippen molar-refractivity contribution < 1.29 is 23.5 Å². The largest absolute Gasteiger partial charge is 0.444 e. The third-order valence-electron chi connectivity index (χ3n) is 6.66. The molecule has 0 spiro atoms. The van der Waals surface area contributed by atoms with Crippen LogP contribution in [0.15, 0.2) is 18.2 Å². The Hall–Kier alpha value is -2.92. The Labute approximate surface area is 211 Å². The van der Waals surface area contributed by atoms with Crippen molar-refractivity contribution in [1.29, 1.82) is 0 Å². The Morgan fingerprint density at radius 1 is 1.06 bits per heavy atom. The summed E-state index contributed by atoms with van der Waals surface area (Å²) < 4.78 is 20.4. The second-order valence-electron chi connectivity index (χ2n) is 10.6. The van der Waals surface area contributed by atoms with Gasteiger partial charge < -0.3 is 19.9 Å². The topological polar surface area (TPSA) is 97.5 Å². The number of rotatable bonds is 5. The number of nitrogens with one attached hydrogen (secondary N) is 2. The monoisotopic (exact) mass is 504 g/mol. The van der Waals surface area contributed by atoms with Crippen LogP contribution in [-0.4, -0.2) is 103 Å². The van der Waals surface area contributed by atoms with Crippen LogP contribution < -0.4 is 15.5 Å². The molecular weight excluding hydrogens is 467 g/mol. The fourth-order valence-corrected chi connectivity index (χ4v) is 4.70. The van der Waals surface area contributed by atoms with Crippen molar-refractivity contribution in [3.8, 4) is 0 Å². The van der Waals surface area contributed by atoms with E-state index in [1.54, 1.807) is 17.0 Å². The number of carbonyl (C=O) groups is 3.